The summed E-state index contributed by atoms with van der Waals surface area (Å²) in [7, 11) is 0. The first-order valence-corrected chi connectivity index (χ1v) is 10.2. The van der Waals surface area contributed by atoms with Crippen LogP contribution < -0.4 is 14.8 Å². The van der Waals surface area contributed by atoms with Crippen molar-refractivity contribution in [3.63, 3.8) is 0 Å². The second-order valence-electron chi connectivity index (χ2n) is 8.68. The first-order chi connectivity index (χ1) is 13.9. The molecule has 0 unspecified atom stereocenters. The summed E-state index contributed by atoms with van der Waals surface area (Å²) < 4.78 is 10.8. The van der Waals surface area contributed by atoms with Crippen molar-refractivity contribution in [1.82, 2.24) is 9.80 Å². The molecule has 0 aromatic heterocycles. The van der Waals surface area contributed by atoms with Gasteiger partial charge in [0.2, 0.25) is 6.79 Å². The highest BCUT2D eigenvalue weighted by Gasteiger charge is 2.24. The second kappa shape index (κ2) is 7.95. The SMILES string of the molecule is CC(C)(C)c1ccccc1NC(=O)N1CCN(Cc2ccc3c(c2)OCO3)CC1. The number of amides is 2. The van der Waals surface area contributed by atoms with Crippen LogP contribution in [-0.4, -0.2) is 48.8 Å². The molecule has 0 radical (unpaired) electrons. The molecule has 2 aliphatic heterocycles. The number of carbonyl (C=O) groups is 1. The van der Waals surface area contributed by atoms with Crippen molar-refractivity contribution >= 4 is 11.7 Å². The number of ether oxygens (including phenoxy) is 2. The third-order valence-corrected chi connectivity index (χ3v) is 5.48. The fraction of sp³-hybridized carbons (Fsp3) is 0.435. The van der Waals surface area contributed by atoms with E-state index in [-0.39, 0.29) is 11.4 Å². The quantitative estimate of drug-likeness (QED) is 0.851. The Morgan fingerprint density at radius 2 is 1.72 bits per heavy atom. The summed E-state index contributed by atoms with van der Waals surface area (Å²) in [6.07, 6.45) is 0. The molecule has 0 atom stereocenters. The van der Waals surface area contributed by atoms with Gasteiger partial charge in [-0.1, -0.05) is 45.0 Å². The Bertz CT molecular complexity index is 883. The smallest absolute Gasteiger partial charge is 0.321 e. The summed E-state index contributed by atoms with van der Waals surface area (Å²) in [5.41, 5.74) is 3.22. The molecule has 6 heteroatoms. The molecule has 2 aromatic rings. The van der Waals surface area contributed by atoms with Gasteiger partial charge in [-0.2, -0.15) is 0 Å². The number of urea groups is 1. The van der Waals surface area contributed by atoms with Gasteiger partial charge in [-0.3, -0.25) is 4.90 Å². The van der Waals surface area contributed by atoms with Gasteiger partial charge in [-0.05, 0) is 34.7 Å². The summed E-state index contributed by atoms with van der Waals surface area (Å²) in [4.78, 5) is 17.1. The lowest BCUT2D eigenvalue weighted by molar-refractivity contribution is 0.143. The van der Waals surface area contributed by atoms with Gasteiger partial charge in [0.1, 0.15) is 0 Å². The van der Waals surface area contributed by atoms with Crippen LogP contribution in [0, 0.1) is 0 Å². The van der Waals surface area contributed by atoms with E-state index in [1.165, 1.54) is 5.56 Å². The van der Waals surface area contributed by atoms with Gasteiger partial charge in [0.25, 0.3) is 0 Å². The van der Waals surface area contributed by atoms with Gasteiger partial charge < -0.3 is 19.7 Å². The van der Waals surface area contributed by atoms with Crippen LogP contribution in [0.3, 0.4) is 0 Å². The van der Waals surface area contributed by atoms with Crippen molar-refractivity contribution in [3.8, 4) is 11.5 Å². The molecular formula is C23H29N3O3. The van der Waals surface area contributed by atoms with Crippen molar-refractivity contribution in [2.45, 2.75) is 32.7 Å². The fourth-order valence-electron chi connectivity index (χ4n) is 3.85. The molecule has 0 aliphatic carbocycles. The number of para-hydroxylation sites is 1. The molecule has 154 valence electrons. The summed E-state index contributed by atoms with van der Waals surface area (Å²) in [6, 6.07) is 14.1. The molecule has 1 N–H and O–H groups in total. The molecule has 1 saturated heterocycles. The van der Waals surface area contributed by atoms with E-state index >= 15 is 0 Å². The Labute approximate surface area is 172 Å². The van der Waals surface area contributed by atoms with Crippen LogP contribution in [0.5, 0.6) is 11.5 Å². The van der Waals surface area contributed by atoms with E-state index in [4.69, 9.17) is 9.47 Å². The lowest BCUT2D eigenvalue weighted by Crippen LogP contribution is -2.49. The number of hydrogen-bond acceptors (Lipinski definition) is 4. The van der Waals surface area contributed by atoms with Crippen LogP contribution in [0.25, 0.3) is 0 Å². The van der Waals surface area contributed by atoms with Crippen LogP contribution in [0.4, 0.5) is 10.5 Å². The predicted octanol–water partition coefficient (Wildman–Crippen LogP) is 4.06. The average Bonchev–Trinajstić information content (AvgIpc) is 3.16. The zero-order chi connectivity index (χ0) is 20.4. The van der Waals surface area contributed by atoms with Crippen LogP contribution in [-0.2, 0) is 12.0 Å². The van der Waals surface area contributed by atoms with Crippen molar-refractivity contribution in [2.24, 2.45) is 0 Å². The Balaban J connectivity index is 1.32. The predicted molar refractivity (Wildman–Crippen MR) is 114 cm³/mol. The van der Waals surface area contributed by atoms with Crippen LogP contribution in [0.1, 0.15) is 31.9 Å². The summed E-state index contributed by atoms with van der Waals surface area (Å²) >= 11 is 0. The number of benzene rings is 2. The highest BCUT2D eigenvalue weighted by molar-refractivity contribution is 5.90. The molecule has 29 heavy (non-hydrogen) atoms. The molecule has 1 fully saturated rings. The normalized spacial score (nSPS) is 16.7. The van der Waals surface area contributed by atoms with E-state index in [1.54, 1.807) is 0 Å². The monoisotopic (exact) mass is 395 g/mol. The van der Waals surface area contributed by atoms with E-state index in [2.05, 4.69) is 43.1 Å². The van der Waals surface area contributed by atoms with E-state index in [0.29, 0.717) is 19.9 Å². The van der Waals surface area contributed by atoms with E-state index < -0.39 is 0 Å². The Hall–Kier alpha value is -2.73. The van der Waals surface area contributed by atoms with Gasteiger partial charge in [0.05, 0.1) is 0 Å². The number of carbonyl (C=O) groups excluding carboxylic acids is 1. The molecule has 0 saturated carbocycles. The number of anilines is 1. The number of piperazine rings is 1. The van der Waals surface area contributed by atoms with Crippen LogP contribution in [0.2, 0.25) is 0 Å². The fourth-order valence-corrected chi connectivity index (χ4v) is 3.85. The maximum absolute atomic E-state index is 12.8. The minimum Gasteiger partial charge on any atom is -0.454 e. The largest absolute Gasteiger partial charge is 0.454 e. The average molecular weight is 396 g/mol. The third kappa shape index (κ3) is 4.48. The first-order valence-electron chi connectivity index (χ1n) is 10.2. The molecule has 0 bridgehead atoms. The highest BCUT2D eigenvalue weighted by Crippen LogP contribution is 2.33. The number of rotatable bonds is 3. The van der Waals surface area contributed by atoms with Gasteiger partial charge in [-0.15, -0.1) is 0 Å². The maximum Gasteiger partial charge on any atom is 0.321 e. The molecule has 2 aromatic carbocycles. The molecule has 6 nitrogen and oxygen atoms in total. The molecule has 2 heterocycles. The number of fused-ring (bicyclic) bond motifs is 1. The summed E-state index contributed by atoms with van der Waals surface area (Å²) in [5.74, 6) is 1.63. The maximum atomic E-state index is 12.8. The van der Waals surface area contributed by atoms with Gasteiger partial charge in [0.15, 0.2) is 11.5 Å². The standard InChI is InChI=1S/C23H29N3O3/c1-23(2,3)18-6-4-5-7-19(18)24-22(27)26-12-10-25(11-13-26)15-17-8-9-20-21(14-17)29-16-28-20/h4-9,14H,10-13,15-16H2,1-3H3,(H,24,27). The minimum atomic E-state index is -0.0237. The lowest BCUT2D eigenvalue weighted by atomic mass is 9.86. The molecule has 2 amide bonds. The topological polar surface area (TPSA) is 54.0 Å². The van der Waals surface area contributed by atoms with E-state index in [9.17, 15) is 4.79 Å². The Kier molecular flexibility index (Phi) is 5.37. The summed E-state index contributed by atoms with van der Waals surface area (Å²) in [6.45, 7) is 10.8. The van der Waals surface area contributed by atoms with Gasteiger partial charge in [-0.25, -0.2) is 4.79 Å². The third-order valence-electron chi connectivity index (χ3n) is 5.48. The van der Waals surface area contributed by atoms with Crippen LogP contribution in [0.15, 0.2) is 42.5 Å². The van der Waals surface area contributed by atoms with Crippen molar-refractivity contribution in [2.75, 3.05) is 38.3 Å². The number of nitrogens with one attached hydrogen (secondary N) is 1. The van der Waals surface area contributed by atoms with E-state index in [0.717, 1.165) is 42.4 Å². The van der Waals surface area contributed by atoms with E-state index in [1.807, 2.05) is 35.2 Å². The Morgan fingerprint density at radius 3 is 2.48 bits per heavy atom. The van der Waals surface area contributed by atoms with Crippen LogP contribution >= 0.6 is 0 Å². The Morgan fingerprint density at radius 1 is 1.00 bits per heavy atom. The molecule has 4 rings (SSSR count). The number of hydrogen-bond donors (Lipinski definition) is 1. The zero-order valence-electron chi connectivity index (χ0n) is 17.4. The van der Waals surface area contributed by atoms with Gasteiger partial charge >= 0.3 is 6.03 Å². The molecule has 2 aliphatic rings. The van der Waals surface area contributed by atoms with Crippen molar-refractivity contribution < 1.29 is 14.3 Å². The highest BCUT2D eigenvalue weighted by atomic mass is 16.7. The minimum absolute atomic E-state index is 0.0206. The van der Waals surface area contributed by atoms with Crippen molar-refractivity contribution in [1.29, 1.82) is 0 Å². The molecular weight excluding hydrogens is 366 g/mol. The first kappa shape index (κ1) is 19.6. The zero-order valence-corrected chi connectivity index (χ0v) is 17.4. The second-order valence-corrected chi connectivity index (χ2v) is 8.68. The lowest BCUT2D eigenvalue weighted by Gasteiger charge is -2.35. The number of nitrogens with zero attached hydrogens (tertiary/aromatic N) is 2. The van der Waals surface area contributed by atoms with Crippen molar-refractivity contribution in [3.05, 3.63) is 53.6 Å². The molecule has 0 spiro atoms. The summed E-state index contributed by atoms with van der Waals surface area (Å²) in [5, 5.41) is 3.12. The van der Waals surface area contributed by atoms with Gasteiger partial charge in [0, 0.05) is 38.4 Å².